The van der Waals surface area contributed by atoms with Gasteiger partial charge < -0.3 is 19.6 Å². The lowest BCUT2D eigenvalue weighted by Crippen LogP contribution is -2.37. The largest absolute Gasteiger partial charge is 0.305 e. The second-order valence-electron chi connectivity index (χ2n) is 4.99. The molecule has 0 aliphatic rings. The molecule has 0 aromatic rings. The van der Waals surface area contributed by atoms with E-state index >= 15 is 0 Å². The lowest BCUT2D eigenvalue weighted by atomic mass is 10.4. The van der Waals surface area contributed by atoms with E-state index in [2.05, 4.69) is 49.8 Å². The van der Waals surface area contributed by atoms with Crippen molar-refractivity contribution in [1.29, 1.82) is 0 Å². The standard InChI is InChI=1S/C13H30N4/c1-7-15(4)10-11-17(6)13-12-16(5)9-8-14(2)3/h1-2,7-13H2,3-6H3. The number of nitrogens with zero attached hydrogens (tertiary/aromatic N) is 4. The summed E-state index contributed by atoms with van der Waals surface area (Å²) < 4.78 is 0. The van der Waals surface area contributed by atoms with Crippen LogP contribution < -0.4 is 0 Å². The lowest BCUT2D eigenvalue weighted by Gasteiger charge is -2.24. The van der Waals surface area contributed by atoms with E-state index in [0.717, 1.165) is 45.8 Å². The summed E-state index contributed by atoms with van der Waals surface area (Å²) >= 11 is 0. The molecule has 0 unspecified atom stereocenters. The SMILES string of the molecule is [CH2]CN(C)CCN(C)CCN(C)CCN([CH2])C. The first-order valence-corrected chi connectivity index (χ1v) is 6.32. The second-order valence-corrected chi connectivity index (χ2v) is 4.99. The average molecular weight is 242 g/mol. The maximum atomic E-state index is 3.87. The molecule has 0 fully saturated rings. The minimum absolute atomic E-state index is 0.879. The van der Waals surface area contributed by atoms with Gasteiger partial charge in [0, 0.05) is 46.3 Å². The first-order valence-electron chi connectivity index (χ1n) is 6.32. The van der Waals surface area contributed by atoms with Crippen LogP contribution in [0.2, 0.25) is 0 Å². The van der Waals surface area contributed by atoms with E-state index in [4.69, 9.17) is 0 Å². The molecule has 0 saturated heterocycles. The van der Waals surface area contributed by atoms with Crippen molar-refractivity contribution in [3.8, 4) is 0 Å². The summed E-state index contributed by atoms with van der Waals surface area (Å²) in [5, 5.41) is 0. The molecule has 0 aliphatic heterocycles. The average Bonchev–Trinajstić information content (AvgIpc) is 2.30. The zero-order chi connectivity index (χ0) is 13.3. The van der Waals surface area contributed by atoms with E-state index in [1.165, 1.54) is 0 Å². The van der Waals surface area contributed by atoms with Crippen molar-refractivity contribution in [3.05, 3.63) is 14.0 Å². The zero-order valence-electron chi connectivity index (χ0n) is 12.2. The van der Waals surface area contributed by atoms with Gasteiger partial charge in [0.15, 0.2) is 0 Å². The third-order valence-electron chi connectivity index (χ3n) is 2.97. The second kappa shape index (κ2) is 9.83. The van der Waals surface area contributed by atoms with Crippen LogP contribution in [0.25, 0.3) is 0 Å². The molecule has 0 aliphatic carbocycles. The van der Waals surface area contributed by atoms with Crippen LogP contribution in [0.3, 0.4) is 0 Å². The van der Waals surface area contributed by atoms with Crippen molar-refractivity contribution in [2.24, 2.45) is 0 Å². The van der Waals surface area contributed by atoms with E-state index in [1.807, 2.05) is 11.9 Å². The van der Waals surface area contributed by atoms with Crippen molar-refractivity contribution in [2.45, 2.75) is 0 Å². The van der Waals surface area contributed by atoms with E-state index in [1.54, 1.807) is 0 Å². The summed E-state index contributed by atoms with van der Waals surface area (Å²) in [6, 6.07) is 0. The maximum absolute atomic E-state index is 3.87. The third kappa shape index (κ3) is 10.7. The molecule has 0 amide bonds. The number of hydrogen-bond acceptors (Lipinski definition) is 4. The van der Waals surface area contributed by atoms with E-state index in [-0.39, 0.29) is 0 Å². The van der Waals surface area contributed by atoms with E-state index in [0.29, 0.717) is 0 Å². The Labute approximate surface area is 108 Å². The summed E-state index contributed by atoms with van der Waals surface area (Å²) in [7, 11) is 12.3. The van der Waals surface area contributed by atoms with Gasteiger partial charge in [-0.2, -0.15) is 0 Å². The van der Waals surface area contributed by atoms with Crippen LogP contribution in [0, 0.1) is 14.0 Å². The number of rotatable bonds is 10. The van der Waals surface area contributed by atoms with Crippen LogP contribution >= 0.6 is 0 Å². The van der Waals surface area contributed by atoms with Crippen molar-refractivity contribution in [1.82, 2.24) is 19.6 Å². The Bertz CT molecular complexity index is 173. The minimum atomic E-state index is 0.879. The highest BCUT2D eigenvalue weighted by atomic mass is 15.2. The van der Waals surface area contributed by atoms with Crippen LogP contribution in [0.4, 0.5) is 0 Å². The van der Waals surface area contributed by atoms with Crippen LogP contribution in [0.1, 0.15) is 0 Å². The molecule has 0 spiro atoms. The molecule has 102 valence electrons. The molecule has 0 aromatic heterocycles. The van der Waals surface area contributed by atoms with Gasteiger partial charge in [-0.3, -0.25) is 0 Å². The Morgan fingerprint density at radius 3 is 1.35 bits per heavy atom. The fourth-order valence-electron chi connectivity index (χ4n) is 1.36. The molecule has 0 aromatic carbocycles. The van der Waals surface area contributed by atoms with Gasteiger partial charge in [-0.15, -0.1) is 0 Å². The highest BCUT2D eigenvalue weighted by molar-refractivity contribution is 4.61. The molecule has 0 heterocycles. The Balaban J connectivity index is 3.51. The van der Waals surface area contributed by atoms with Gasteiger partial charge in [-0.1, -0.05) is 0 Å². The Kier molecular flexibility index (Phi) is 9.74. The summed E-state index contributed by atoms with van der Waals surface area (Å²) in [6.07, 6.45) is 0. The van der Waals surface area contributed by atoms with Gasteiger partial charge >= 0.3 is 0 Å². The summed E-state index contributed by atoms with van der Waals surface area (Å²) in [4.78, 5) is 8.93. The Morgan fingerprint density at radius 2 is 1.00 bits per heavy atom. The quantitative estimate of drug-likeness (QED) is 0.548. The molecule has 17 heavy (non-hydrogen) atoms. The highest BCUT2D eigenvalue weighted by Crippen LogP contribution is 1.89. The van der Waals surface area contributed by atoms with E-state index in [9.17, 15) is 0 Å². The van der Waals surface area contributed by atoms with Crippen molar-refractivity contribution in [3.63, 3.8) is 0 Å². The van der Waals surface area contributed by atoms with Gasteiger partial charge in [-0.25, -0.2) is 0 Å². The van der Waals surface area contributed by atoms with Crippen molar-refractivity contribution >= 4 is 0 Å². The van der Waals surface area contributed by atoms with Gasteiger partial charge in [-0.05, 0) is 41.7 Å². The zero-order valence-corrected chi connectivity index (χ0v) is 12.2. The topological polar surface area (TPSA) is 13.0 Å². The molecule has 0 N–H and O–H groups in total. The number of hydrogen-bond donors (Lipinski definition) is 0. The molecule has 4 heteroatoms. The summed E-state index contributed by atoms with van der Waals surface area (Å²) in [6.45, 7) is 11.3. The molecule has 0 saturated carbocycles. The molecule has 2 radical (unpaired) electrons. The molecular weight excluding hydrogens is 212 g/mol. The molecule has 0 bridgehead atoms. The van der Waals surface area contributed by atoms with Gasteiger partial charge in [0.25, 0.3) is 0 Å². The van der Waals surface area contributed by atoms with Crippen LogP contribution in [0.5, 0.6) is 0 Å². The molecule has 0 atom stereocenters. The molecule has 4 nitrogen and oxygen atoms in total. The van der Waals surface area contributed by atoms with Crippen molar-refractivity contribution < 1.29 is 0 Å². The van der Waals surface area contributed by atoms with E-state index < -0.39 is 0 Å². The summed E-state index contributed by atoms with van der Waals surface area (Å²) in [5.74, 6) is 0. The molecule has 0 rings (SSSR count). The predicted octanol–water partition coefficient (Wildman–Crippen LogP) is 0.339. The monoisotopic (exact) mass is 242 g/mol. The normalized spacial score (nSPS) is 12.4. The van der Waals surface area contributed by atoms with Gasteiger partial charge in [0.05, 0.1) is 0 Å². The summed E-state index contributed by atoms with van der Waals surface area (Å²) in [5.41, 5.74) is 0. The Morgan fingerprint density at radius 1 is 0.647 bits per heavy atom. The third-order valence-corrected chi connectivity index (χ3v) is 2.97. The van der Waals surface area contributed by atoms with Crippen LogP contribution in [0.15, 0.2) is 0 Å². The highest BCUT2D eigenvalue weighted by Gasteiger charge is 2.03. The minimum Gasteiger partial charge on any atom is -0.305 e. The number of likely N-dealkylation sites (N-methyl/N-ethyl adjacent to an activating group) is 4. The first-order chi connectivity index (χ1) is 7.95. The van der Waals surface area contributed by atoms with Gasteiger partial charge in [0.2, 0.25) is 0 Å². The lowest BCUT2D eigenvalue weighted by molar-refractivity contribution is 0.224. The van der Waals surface area contributed by atoms with Crippen molar-refractivity contribution in [2.75, 3.05) is 74.0 Å². The fraction of sp³-hybridized carbons (Fsp3) is 0.846. The fourth-order valence-corrected chi connectivity index (χ4v) is 1.36. The van der Waals surface area contributed by atoms with Crippen LogP contribution in [-0.2, 0) is 0 Å². The Hall–Kier alpha value is -0.160. The molecular formula is C13H30N4. The van der Waals surface area contributed by atoms with Crippen LogP contribution in [-0.4, -0.2) is 93.6 Å². The first kappa shape index (κ1) is 16.8. The maximum Gasteiger partial charge on any atom is 0.0107 e. The smallest absolute Gasteiger partial charge is 0.0107 e. The predicted molar refractivity (Wildman–Crippen MR) is 75.8 cm³/mol. The van der Waals surface area contributed by atoms with Gasteiger partial charge in [0.1, 0.15) is 0 Å².